The second-order valence-electron chi connectivity index (χ2n) is 6.37. The number of amides is 1. The van der Waals surface area contributed by atoms with Crippen LogP contribution in [0, 0.1) is 23.7 Å². The van der Waals surface area contributed by atoms with Crippen LogP contribution in [0.4, 0.5) is 0 Å². The highest BCUT2D eigenvalue weighted by Crippen LogP contribution is 2.54. The molecular weight excluding hydrogens is 210 g/mol. The van der Waals surface area contributed by atoms with Crippen molar-refractivity contribution in [3.63, 3.8) is 0 Å². The molecule has 0 saturated heterocycles. The summed E-state index contributed by atoms with van der Waals surface area (Å²) in [7, 11) is 2.01. The zero-order chi connectivity index (χ0) is 12.0. The molecule has 4 bridgehead atoms. The Labute approximate surface area is 104 Å². The van der Waals surface area contributed by atoms with Crippen LogP contribution in [0.5, 0.6) is 0 Å². The fourth-order valence-electron chi connectivity index (χ4n) is 4.94. The molecule has 4 rings (SSSR count). The molecule has 94 valence electrons. The molecule has 0 aromatic rings. The van der Waals surface area contributed by atoms with Crippen LogP contribution < -0.4 is 0 Å². The topological polar surface area (TPSA) is 20.3 Å². The lowest BCUT2D eigenvalue weighted by molar-refractivity contribution is -0.135. The molecule has 0 spiro atoms. The van der Waals surface area contributed by atoms with Crippen molar-refractivity contribution in [2.24, 2.45) is 23.7 Å². The lowest BCUT2D eigenvalue weighted by Gasteiger charge is -2.56. The largest absolute Gasteiger partial charge is 0.339 e. The van der Waals surface area contributed by atoms with Crippen LogP contribution in [-0.4, -0.2) is 23.9 Å². The first-order valence-electron chi connectivity index (χ1n) is 7.08. The van der Waals surface area contributed by atoms with E-state index in [1.165, 1.54) is 32.1 Å². The smallest absolute Gasteiger partial charge is 0.246 e. The summed E-state index contributed by atoms with van der Waals surface area (Å²) < 4.78 is 0. The Morgan fingerprint density at radius 2 is 1.59 bits per heavy atom. The molecule has 2 heteroatoms. The van der Waals surface area contributed by atoms with Gasteiger partial charge in [0.05, 0.1) is 0 Å². The number of allylic oxidation sites excluding steroid dienone is 1. The van der Waals surface area contributed by atoms with Crippen LogP contribution >= 0.6 is 0 Å². The normalized spacial score (nSPS) is 43.3. The number of hydrogen-bond donors (Lipinski definition) is 0. The summed E-state index contributed by atoms with van der Waals surface area (Å²) >= 11 is 0. The van der Waals surface area contributed by atoms with Gasteiger partial charge in [-0.1, -0.05) is 6.08 Å². The first-order valence-corrected chi connectivity index (χ1v) is 7.08. The number of rotatable bonds is 2. The molecule has 0 radical (unpaired) electrons. The van der Waals surface area contributed by atoms with Crippen LogP contribution in [0.1, 0.15) is 39.0 Å². The van der Waals surface area contributed by atoms with Crippen molar-refractivity contribution in [3.8, 4) is 0 Å². The quantitative estimate of drug-likeness (QED) is 0.672. The molecule has 0 heterocycles. The second kappa shape index (κ2) is 4.15. The van der Waals surface area contributed by atoms with Crippen molar-refractivity contribution in [1.29, 1.82) is 0 Å². The van der Waals surface area contributed by atoms with Crippen molar-refractivity contribution < 1.29 is 4.79 Å². The number of carbonyl (C=O) groups excluding carboxylic acids is 1. The van der Waals surface area contributed by atoms with Crippen LogP contribution in [0.2, 0.25) is 0 Å². The summed E-state index contributed by atoms with van der Waals surface area (Å²) in [5, 5.41) is 0. The van der Waals surface area contributed by atoms with E-state index in [0.717, 1.165) is 23.7 Å². The molecule has 0 aromatic carbocycles. The third kappa shape index (κ3) is 1.82. The molecule has 0 aromatic heterocycles. The standard InChI is InChI=1S/C15H23NO/c1-3-4-14(17)16(2)15-12-6-10-5-11(8-12)9-13(15)7-10/h3-4,10-13,15H,5-9H2,1-2H3. The van der Waals surface area contributed by atoms with E-state index >= 15 is 0 Å². The van der Waals surface area contributed by atoms with Crippen molar-refractivity contribution in [2.45, 2.75) is 45.1 Å². The molecule has 2 nitrogen and oxygen atoms in total. The SMILES string of the molecule is CC=CC(=O)N(C)C1C2CC3CC(C2)CC1C3. The predicted octanol–water partition coefficient (Wildman–Crippen LogP) is 2.85. The monoisotopic (exact) mass is 233 g/mol. The van der Waals surface area contributed by atoms with Gasteiger partial charge in [0.15, 0.2) is 0 Å². The highest BCUT2D eigenvalue weighted by atomic mass is 16.2. The molecule has 17 heavy (non-hydrogen) atoms. The van der Waals surface area contributed by atoms with E-state index in [1.54, 1.807) is 6.08 Å². The van der Waals surface area contributed by atoms with Crippen LogP contribution in [0.3, 0.4) is 0 Å². The number of hydrogen-bond acceptors (Lipinski definition) is 1. The molecule has 4 aliphatic carbocycles. The average molecular weight is 233 g/mol. The van der Waals surface area contributed by atoms with Gasteiger partial charge in [0.25, 0.3) is 0 Å². The maximum atomic E-state index is 12.0. The molecule has 0 N–H and O–H groups in total. The Morgan fingerprint density at radius 3 is 2.06 bits per heavy atom. The summed E-state index contributed by atoms with van der Waals surface area (Å²) in [6, 6.07) is 0.534. The number of likely N-dealkylation sites (N-methyl/N-ethyl adjacent to an activating group) is 1. The molecular formula is C15H23NO. The third-order valence-corrected chi connectivity index (χ3v) is 5.28. The minimum absolute atomic E-state index is 0.199. The molecule has 0 aliphatic heterocycles. The van der Waals surface area contributed by atoms with E-state index in [-0.39, 0.29) is 5.91 Å². The van der Waals surface area contributed by atoms with Crippen molar-refractivity contribution in [3.05, 3.63) is 12.2 Å². The summed E-state index contributed by atoms with van der Waals surface area (Å²) in [5.41, 5.74) is 0. The Hall–Kier alpha value is -0.790. The van der Waals surface area contributed by atoms with Gasteiger partial charge in [-0.15, -0.1) is 0 Å². The summed E-state index contributed by atoms with van der Waals surface area (Å²) in [4.78, 5) is 14.0. The molecule has 0 atom stereocenters. The molecule has 0 unspecified atom stereocenters. The zero-order valence-corrected chi connectivity index (χ0v) is 10.9. The summed E-state index contributed by atoms with van der Waals surface area (Å²) in [6.45, 7) is 1.92. The van der Waals surface area contributed by atoms with Gasteiger partial charge in [0.2, 0.25) is 5.91 Å². The Balaban J connectivity index is 1.77. The minimum Gasteiger partial charge on any atom is -0.339 e. The van der Waals surface area contributed by atoms with Gasteiger partial charge in [-0.2, -0.15) is 0 Å². The van der Waals surface area contributed by atoms with Crippen LogP contribution in [0.25, 0.3) is 0 Å². The summed E-state index contributed by atoms with van der Waals surface area (Å²) in [5.74, 6) is 3.76. The Bertz CT molecular complexity index is 319. The van der Waals surface area contributed by atoms with Gasteiger partial charge in [0.1, 0.15) is 0 Å². The van der Waals surface area contributed by atoms with E-state index in [0.29, 0.717) is 6.04 Å². The predicted molar refractivity (Wildman–Crippen MR) is 68.4 cm³/mol. The zero-order valence-electron chi connectivity index (χ0n) is 10.9. The van der Waals surface area contributed by atoms with Gasteiger partial charge in [-0.25, -0.2) is 0 Å². The molecule has 4 saturated carbocycles. The lowest BCUT2D eigenvalue weighted by atomic mass is 9.54. The Morgan fingerprint density at radius 1 is 1.06 bits per heavy atom. The minimum atomic E-state index is 0.199. The molecule has 1 amide bonds. The first kappa shape index (κ1) is 11.3. The second-order valence-corrected chi connectivity index (χ2v) is 6.37. The van der Waals surface area contributed by atoms with E-state index in [1.807, 2.05) is 24.9 Å². The lowest BCUT2D eigenvalue weighted by Crippen LogP contribution is -2.56. The van der Waals surface area contributed by atoms with Crippen molar-refractivity contribution >= 4 is 5.91 Å². The maximum absolute atomic E-state index is 12.0. The number of carbonyl (C=O) groups is 1. The average Bonchev–Trinajstić information content (AvgIpc) is 2.27. The van der Waals surface area contributed by atoms with E-state index in [2.05, 4.69) is 0 Å². The van der Waals surface area contributed by atoms with Gasteiger partial charge >= 0.3 is 0 Å². The fraction of sp³-hybridized carbons (Fsp3) is 0.800. The van der Waals surface area contributed by atoms with E-state index < -0.39 is 0 Å². The van der Waals surface area contributed by atoms with E-state index in [4.69, 9.17) is 0 Å². The van der Waals surface area contributed by atoms with E-state index in [9.17, 15) is 4.79 Å². The highest BCUT2D eigenvalue weighted by Gasteiger charge is 2.49. The summed E-state index contributed by atoms with van der Waals surface area (Å²) in [6.07, 6.45) is 10.6. The fourth-order valence-corrected chi connectivity index (χ4v) is 4.94. The first-order chi connectivity index (χ1) is 8.19. The van der Waals surface area contributed by atoms with Gasteiger partial charge in [0, 0.05) is 13.1 Å². The Kier molecular flexibility index (Phi) is 2.76. The number of nitrogens with zero attached hydrogens (tertiary/aromatic N) is 1. The molecule has 4 fully saturated rings. The van der Waals surface area contributed by atoms with Gasteiger partial charge < -0.3 is 4.90 Å². The van der Waals surface area contributed by atoms with Crippen molar-refractivity contribution in [1.82, 2.24) is 4.90 Å². The third-order valence-electron chi connectivity index (χ3n) is 5.28. The van der Waals surface area contributed by atoms with Crippen LogP contribution in [-0.2, 0) is 4.79 Å². The van der Waals surface area contributed by atoms with Gasteiger partial charge in [-0.05, 0) is 68.8 Å². The highest BCUT2D eigenvalue weighted by molar-refractivity contribution is 5.87. The van der Waals surface area contributed by atoms with Gasteiger partial charge in [-0.3, -0.25) is 4.79 Å². The maximum Gasteiger partial charge on any atom is 0.246 e. The molecule has 4 aliphatic rings. The van der Waals surface area contributed by atoms with Crippen molar-refractivity contribution in [2.75, 3.05) is 7.05 Å². The van der Waals surface area contributed by atoms with Crippen LogP contribution in [0.15, 0.2) is 12.2 Å².